The highest BCUT2D eigenvalue weighted by molar-refractivity contribution is 6.35. The molecule has 1 N–H and O–H groups in total. The molecule has 0 unspecified atom stereocenters. The lowest BCUT2D eigenvalue weighted by Crippen LogP contribution is -2.01. The second kappa shape index (κ2) is 5.88. The third-order valence-electron chi connectivity index (χ3n) is 3.15. The van der Waals surface area contributed by atoms with Gasteiger partial charge in [-0.25, -0.2) is 4.39 Å². The minimum absolute atomic E-state index is 0.358. The lowest BCUT2D eigenvalue weighted by Gasteiger charge is -2.10. The summed E-state index contributed by atoms with van der Waals surface area (Å²) in [6.07, 6.45) is 1.72. The average molecular weight is 321 g/mol. The van der Waals surface area contributed by atoms with Gasteiger partial charge in [-0.3, -0.25) is 4.98 Å². The smallest absolute Gasteiger partial charge is 0.126 e. The summed E-state index contributed by atoms with van der Waals surface area (Å²) in [5, 5.41) is 5.07. The van der Waals surface area contributed by atoms with Gasteiger partial charge in [0.05, 0.1) is 5.52 Å². The summed E-state index contributed by atoms with van der Waals surface area (Å²) < 4.78 is 13.3. The van der Waals surface area contributed by atoms with Crippen molar-refractivity contribution in [3.63, 3.8) is 0 Å². The van der Waals surface area contributed by atoms with Gasteiger partial charge >= 0.3 is 0 Å². The topological polar surface area (TPSA) is 24.9 Å². The molecule has 1 heterocycles. The highest BCUT2D eigenvalue weighted by Gasteiger charge is 2.06. The van der Waals surface area contributed by atoms with Crippen molar-refractivity contribution in [2.75, 3.05) is 5.32 Å². The van der Waals surface area contributed by atoms with Crippen LogP contribution in [0.2, 0.25) is 10.0 Å². The molecule has 3 aromatic rings. The van der Waals surface area contributed by atoms with Crippen LogP contribution in [0.15, 0.2) is 48.7 Å². The molecular formula is C16H11Cl2FN2. The van der Waals surface area contributed by atoms with Crippen LogP contribution >= 0.6 is 23.2 Å². The Balaban J connectivity index is 1.90. The number of halogens is 3. The molecule has 0 saturated carbocycles. The second-order valence-corrected chi connectivity index (χ2v) is 5.46. The van der Waals surface area contributed by atoms with E-state index in [1.54, 1.807) is 12.3 Å². The number of pyridine rings is 1. The van der Waals surface area contributed by atoms with Crippen LogP contribution in [-0.2, 0) is 6.54 Å². The highest BCUT2D eigenvalue weighted by atomic mass is 35.5. The zero-order valence-corrected chi connectivity index (χ0v) is 12.4. The van der Waals surface area contributed by atoms with Crippen LogP contribution in [0, 0.1) is 5.82 Å². The van der Waals surface area contributed by atoms with E-state index >= 15 is 0 Å². The van der Waals surface area contributed by atoms with Gasteiger partial charge in [0.1, 0.15) is 5.82 Å². The molecule has 3 rings (SSSR count). The number of nitrogens with one attached hydrogen (secondary N) is 1. The SMILES string of the molecule is Fc1cc(Cl)cc(NCc2ccc(Cl)c3cccnc23)c1. The molecule has 0 spiro atoms. The van der Waals surface area contributed by atoms with E-state index < -0.39 is 0 Å². The van der Waals surface area contributed by atoms with Gasteiger partial charge in [0.2, 0.25) is 0 Å². The molecule has 0 atom stereocenters. The molecule has 21 heavy (non-hydrogen) atoms. The average Bonchev–Trinajstić information content (AvgIpc) is 2.46. The number of benzene rings is 2. The molecule has 0 bridgehead atoms. The van der Waals surface area contributed by atoms with Crippen LogP contribution in [0.4, 0.5) is 10.1 Å². The highest BCUT2D eigenvalue weighted by Crippen LogP contribution is 2.26. The Morgan fingerprint density at radius 2 is 1.95 bits per heavy atom. The van der Waals surface area contributed by atoms with E-state index in [9.17, 15) is 4.39 Å². The number of nitrogens with zero attached hydrogens (tertiary/aromatic N) is 1. The van der Waals surface area contributed by atoms with Gasteiger partial charge in [0.25, 0.3) is 0 Å². The number of rotatable bonds is 3. The van der Waals surface area contributed by atoms with E-state index in [4.69, 9.17) is 23.2 Å². The van der Waals surface area contributed by atoms with Crippen molar-refractivity contribution in [2.45, 2.75) is 6.54 Å². The Labute approximate surface area is 131 Å². The Bertz CT molecular complexity index is 785. The molecule has 0 saturated heterocycles. The van der Waals surface area contributed by atoms with E-state index in [1.165, 1.54) is 12.1 Å². The molecule has 0 aliphatic rings. The summed E-state index contributed by atoms with van der Waals surface area (Å²) in [6.45, 7) is 0.504. The van der Waals surface area contributed by atoms with Gasteiger partial charge in [-0.15, -0.1) is 0 Å². The number of anilines is 1. The largest absolute Gasteiger partial charge is 0.381 e. The van der Waals surface area contributed by atoms with Crippen molar-refractivity contribution in [1.82, 2.24) is 4.98 Å². The van der Waals surface area contributed by atoms with Crippen molar-refractivity contribution in [1.29, 1.82) is 0 Å². The Morgan fingerprint density at radius 3 is 2.76 bits per heavy atom. The van der Waals surface area contributed by atoms with Crippen molar-refractivity contribution in [2.24, 2.45) is 0 Å². The minimum Gasteiger partial charge on any atom is -0.381 e. The van der Waals surface area contributed by atoms with E-state index in [1.807, 2.05) is 24.3 Å². The summed E-state index contributed by atoms with van der Waals surface area (Å²) in [5.74, 6) is -0.371. The number of fused-ring (bicyclic) bond motifs is 1. The van der Waals surface area contributed by atoms with E-state index in [-0.39, 0.29) is 5.82 Å². The number of aromatic nitrogens is 1. The molecule has 2 aromatic carbocycles. The zero-order valence-electron chi connectivity index (χ0n) is 10.9. The Morgan fingerprint density at radius 1 is 1.10 bits per heavy atom. The predicted octanol–water partition coefficient (Wildman–Crippen LogP) is 5.29. The van der Waals surface area contributed by atoms with Crippen LogP contribution in [0.1, 0.15) is 5.56 Å². The molecule has 0 amide bonds. The molecule has 0 radical (unpaired) electrons. The van der Waals surface area contributed by atoms with Gasteiger partial charge in [0, 0.05) is 33.9 Å². The first-order valence-electron chi connectivity index (χ1n) is 6.35. The normalized spacial score (nSPS) is 10.8. The fourth-order valence-electron chi connectivity index (χ4n) is 2.19. The molecule has 0 aliphatic heterocycles. The Kier molecular flexibility index (Phi) is 3.95. The van der Waals surface area contributed by atoms with Crippen molar-refractivity contribution < 1.29 is 4.39 Å². The maximum absolute atomic E-state index is 13.3. The first-order chi connectivity index (χ1) is 10.1. The maximum Gasteiger partial charge on any atom is 0.126 e. The number of hydrogen-bond acceptors (Lipinski definition) is 2. The summed E-state index contributed by atoms with van der Waals surface area (Å²) >= 11 is 12.0. The van der Waals surface area contributed by atoms with Gasteiger partial charge in [0.15, 0.2) is 0 Å². The van der Waals surface area contributed by atoms with Crippen LogP contribution in [0.3, 0.4) is 0 Å². The minimum atomic E-state index is -0.371. The lowest BCUT2D eigenvalue weighted by atomic mass is 10.1. The third kappa shape index (κ3) is 3.09. The summed E-state index contributed by atoms with van der Waals surface area (Å²) in [7, 11) is 0. The van der Waals surface area contributed by atoms with Crippen LogP contribution in [-0.4, -0.2) is 4.98 Å². The quantitative estimate of drug-likeness (QED) is 0.709. The fraction of sp³-hybridized carbons (Fsp3) is 0.0625. The fourth-order valence-corrected chi connectivity index (χ4v) is 2.63. The molecule has 0 fully saturated rings. The van der Waals surface area contributed by atoms with E-state index in [0.29, 0.717) is 22.3 Å². The third-order valence-corrected chi connectivity index (χ3v) is 3.69. The molecule has 0 aliphatic carbocycles. The van der Waals surface area contributed by atoms with Crippen molar-refractivity contribution in [3.05, 3.63) is 70.1 Å². The van der Waals surface area contributed by atoms with Gasteiger partial charge in [-0.05, 0) is 42.0 Å². The molecular weight excluding hydrogens is 310 g/mol. The maximum atomic E-state index is 13.3. The monoisotopic (exact) mass is 320 g/mol. The first-order valence-corrected chi connectivity index (χ1v) is 7.11. The second-order valence-electron chi connectivity index (χ2n) is 4.62. The van der Waals surface area contributed by atoms with Crippen LogP contribution in [0.25, 0.3) is 10.9 Å². The summed E-state index contributed by atoms with van der Waals surface area (Å²) in [5.41, 5.74) is 2.44. The van der Waals surface area contributed by atoms with Crippen molar-refractivity contribution in [3.8, 4) is 0 Å². The van der Waals surface area contributed by atoms with Crippen LogP contribution in [0.5, 0.6) is 0 Å². The number of hydrogen-bond donors (Lipinski definition) is 1. The lowest BCUT2D eigenvalue weighted by molar-refractivity contribution is 0.628. The van der Waals surface area contributed by atoms with Gasteiger partial charge in [-0.1, -0.05) is 29.3 Å². The van der Waals surface area contributed by atoms with Crippen molar-refractivity contribution >= 4 is 39.8 Å². The van der Waals surface area contributed by atoms with Gasteiger partial charge < -0.3 is 5.32 Å². The summed E-state index contributed by atoms with van der Waals surface area (Å²) in [6, 6.07) is 11.9. The zero-order chi connectivity index (χ0) is 14.8. The van der Waals surface area contributed by atoms with Crippen LogP contribution < -0.4 is 5.32 Å². The summed E-state index contributed by atoms with van der Waals surface area (Å²) in [4.78, 5) is 4.36. The van der Waals surface area contributed by atoms with E-state index in [0.717, 1.165) is 16.5 Å². The Hall–Kier alpha value is -1.84. The van der Waals surface area contributed by atoms with Gasteiger partial charge in [-0.2, -0.15) is 0 Å². The molecule has 2 nitrogen and oxygen atoms in total. The molecule has 5 heteroatoms. The standard InChI is InChI=1S/C16H11Cl2FN2/c17-11-6-12(19)8-13(7-11)21-9-10-3-4-15(18)14-2-1-5-20-16(10)14/h1-8,21H,9H2. The molecule has 106 valence electrons. The molecule has 1 aromatic heterocycles. The van der Waals surface area contributed by atoms with E-state index in [2.05, 4.69) is 10.3 Å². The first kappa shape index (κ1) is 14.1. The predicted molar refractivity (Wildman–Crippen MR) is 85.5 cm³/mol.